The van der Waals surface area contributed by atoms with Crippen LogP contribution in [-0.2, 0) is 14.3 Å². The minimum Gasteiger partial charge on any atom is -0.452 e. The van der Waals surface area contributed by atoms with Gasteiger partial charge in [-0.2, -0.15) is 0 Å². The fourth-order valence-electron chi connectivity index (χ4n) is 2.61. The maximum absolute atomic E-state index is 12.1. The van der Waals surface area contributed by atoms with Crippen molar-refractivity contribution >= 4 is 17.6 Å². The minimum atomic E-state index is -0.765. The second-order valence-corrected chi connectivity index (χ2v) is 5.72. The van der Waals surface area contributed by atoms with Gasteiger partial charge in [0, 0.05) is 5.69 Å². The first-order valence-electron chi connectivity index (χ1n) is 7.65. The van der Waals surface area contributed by atoms with Crippen LogP contribution in [0.3, 0.4) is 0 Å². The SMILES string of the molecule is Cc1ccccc1NC(=O)[C@H](C)OC(=O)C1CCCCC1. The van der Waals surface area contributed by atoms with Gasteiger partial charge in [0.1, 0.15) is 0 Å². The van der Waals surface area contributed by atoms with Gasteiger partial charge in [-0.15, -0.1) is 0 Å². The van der Waals surface area contributed by atoms with Gasteiger partial charge < -0.3 is 10.1 Å². The topological polar surface area (TPSA) is 55.4 Å². The Morgan fingerprint density at radius 2 is 1.86 bits per heavy atom. The summed E-state index contributed by atoms with van der Waals surface area (Å²) in [5.41, 5.74) is 1.74. The summed E-state index contributed by atoms with van der Waals surface area (Å²) < 4.78 is 5.31. The van der Waals surface area contributed by atoms with E-state index in [1.807, 2.05) is 31.2 Å². The zero-order valence-electron chi connectivity index (χ0n) is 12.7. The number of carbonyl (C=O) groups excluding carboxylic acids is 2. The van der Waals surface area contributed by atoms with E-state index in [1.54, 1.807) is 6.92 Å². The molecule has 0 saturated heterocycles. The molecule has 1 aromatic rings. The molecular formula is C17H23NO3. The second-order valence-electron chi connectivity index (χ2n) is 5.72. The van der Waals surface area contributed by atoms with Crippen molar-refractivity contribution in [2.45, 2.75) is 52.1 Å². The largest absolute Gasteiger partial charge is 0.452 e. The third-order valence-electron chi connectivity index (χ3n) is 4.00. The summed E-state index contributed by atoms with van der Waals surface area (Å²) in [6.45, 7) is 3.54. The highest BCUT2D eigenvalue weighted by molar-refractivity contribution is 5.95. The lowest BCUT2D eigenvalue weighted by Crippen LogP contribution is -2.33. The Labute approximate surface area is 125 Å². The molecule has 1 amide bonds. The summed E-state index contributed by atoms with van der Waals surface area (Å²) in [5.74, 6) is -0.553. The predicted octanol–water partition coefficient (Wildman–Crippen LogP) is 3.45. The van der Waals surface area contributed by atoms with E-state index in [0.717, 1.165) is 36.9 Å². The number of carbonyl (C=O) groups is 2. The van der Waals surface area contributed by atoms with Gasteiger partial charge in [-0.25, -0.2) is 0 Å². The molecular weight excluding hydrogens is 266 g/mol. The Balaban J connectivity index is 1.87. The van der Waals surface area contributed by atoms with Crippen molar-refractivity contribution in [3.05, 3.63) is 29.8 Å². The molecule has 0 spiro atoms. The molecule has 1 fully saturated rings. The third kappa shape index (κ3) is 4.31. The number of para-hydroxylation sites is 1. The number of esters is 1. The summed E-state index contributed by atoms with van der Waals surface area (Å²) >= 11 is 0. The summed E-state index contributed by atoms with van der Waals surface area (Å²) in [4.78, 5) is 24.1. The summed E-state index contributed by atoms with van der Waals surface area (Å²) in [6, 6.07) is 7.54. The molecule has 1 atom stereocenters. The van der Waals surface area contributed by atoms with Crippen LogP contribution in [0, 0.1) is 12.8 Å². The molecule has 4 nitrogen and oxygen atoms in total. The average Bonchev–Trinajstić information content (AvgIpc) is 2.50. The van der Waals surface area contributed by atoms with E-state index in [2.05, 4.69) is 5.32 Å². The van der Waals surface area contributed by atoms with Crippen LogP contribution in [0.2, 0.25) is 0 Å². The van der Waals surface area contributed by atoms with Crippen LogP contribution < -0.4 is 5.32 Å². The average molecular weight is 289 g/mol. The monoisotopic (exact) mass is 289 g/mol. The molecule has 1 N–H and O–H groups in total. The van der Waals surface area contributed by atoms with E-state index < -0.39 is 6.10 Å². The van der Waals surface area contributed by atoms with Crippen molar-refractivity contribution in [1.82, 2.24) is 0 Å². The van der Waals surface area contributed by atoms with Crippen molar-refractivity contribution < 1.29 is 14.3 Å². The molecule has 1 saturated carbocycles. The Morgan fingerprint density at radius 3 is 2.52 bits per heavy atom. The third-order valence-corrected chi connectivity index (χ3v) is 4.00. The number of rotatable bonds is 4. The van der Waals surface area contributed by atoms with Crippen LogP contribution in [0.25, 0.3) is 0 Å². The predicted molar refractivity (Wildman–Crippen MR) is 81.9 cm³/mol. The lowest BCUT2D eigenvalue weighted by atomic mass is 9.89. The quantitative estimate of drug-likeness (QED) is 0.864. The molecule has 1 aromatic carbocycles. The molecule has 1 aliphatic carbocycles. The standard InChI is InChI=1S/C17H23NO3/c1-12-8-6-7-11-15(12)18-16(19)13(2)21-17(20)14-9-4-3-5-10-14/h6-8,11,13-14H,3-5,9-10H2,1-2H3,(H,18,19)/t13-/m0/s1. The molecule has 0 aliphatic heterocycles. The highest BCUT2D eigenvalue weighted by atomic mass is 16.5. The van der Waals surface area contributed by atoms with E-state index in [0.29, 0.717) is 0 Å². The Hall–Kier alpha value is -1.84. The first-order valence-corrected chi connectivity index (χ1v) is 7.65. The molecule has 0 unspecified atom stereocenters. The van der Waals surface area contributed by atoms with E-state index in [4.69, 9.17) is 4.74 Å². The molecule has 2 rings (SSSR count). The molecule has 0 bridgehead atoms. The summed E-state index contributed by atoms with van der Waals surface area (Å²) in [7, 11) is 0. The molecule has 0 radical (unpaired) electrons. The highest BCUT2D eigenvalue weighted by Gasteiger charge is 2.26. The van der Waals surface area contributed by atoms with Gasteiger partial charge in [-0.1, -0.05) is 37.5 Å². The number of aryl methyl sites for hydroxylation is 1. The number of nitrogens with one attached hydrogen (secondary N) is 1. The number of ether oxygens (including phenoxy) is 1. The fourth-order valence-corrected chi connectivity index (χ4v) is 2.61. The minimum absolute atomic E-state index is 0.0348. The molecule has 0 heterocycles. The molecule has 4 heteroatoms. The van der Waals surface area contributed by atoms with Gasteiger partial charge in [0.2, 0.25) is 0 Å². The lowest BCUT2D eigenvalue weighted by Gasteiger charge is -2.22. The number of anilines is 1. The van der Waals surface area contributed by atoms with Gasteiger partial charge in [0.15, 0.2) is 6.10 Å². The van der Waals surface area contributed by atoms with Crippen LogP contribution in [0.5, 0.6) is 0 Å². The Bertz CT molecular complexity index is 507. The smallest absolute Gasteiger partial charge is 0.309 e. The van der Waals surface area contributed by atoms with Crippen molar-refractivity contribution in [2.24, 2.45) is 5.92 Å². The van der Waals surface area contributed by atoms with E-state index >= 15 is 0 Å². The first-order chi connectivity index (χ1) is 10.1. The van der Waals surface area contributed by atoms with Gasteiger partial charge in [-0.05, 0) is 38.3 Å². The molecule has 1 aliphatic rings. The van der Waals surface area contributed by atoms with Gasteiger partial charge >= 0.3 is 5.97 Å². The van der Waals surface area contributed by atoms with Crippen LogP contribution >= 0.6 is 0 Å². The molecule has 0 aromatic heterocycles. The van der Waals surface area contributed by atoms with Crippen LogP contribution in [0.4, 0.5) is 5.69 Å². The van der Waals surface area contributed by atoms with Crippen LogP contribution in [-0.4, -0.2) is 18.0 Å². The number of hydrogen-bond acceptors (Lipinski definition) is 3. The highest BCUT2D eigenvalue weighted by Crippen LogP contribution is 2.25. The van der Waals surface area contributed by atoms with Crippen LogP contribution in [0.1, 0.15) is 44.6 Å². The maximum Gasteiger partial charge on any atom is 0.309 e. The number of hydrogen-bond donors (Lipinski definition) is 1. The van der Waals surface area contributed by atoms with E-state index in [-0.39, 0.29) is 17.8 Å². The van der Waals surface area contributed by atoms with Crippen molar-refractivity contribution in [3.63, 3.8) is 0 Å². The lowest BCUT2D eigenvalue weighted by molar-refractivity contribution is -0.158. The summed E-state index contributed by atoms with van der Waals surface area (Å²) in [6.07, 6.45) is 4.33. The van der Waals surface area contributed by atoms with E-state index in [9.17, 15) is 9.59 Å². The van der Waals surface area contributed by atoms with Crippen LogP contribution in [0.15, 0.2) is 24.3 Å². The number of amides is 1. The maximum atomic E-state index is 12.1. The second kappa shape index (κ2) is 7.25. The normalized spacial score (nSPS) is 17.0. The van der Waals surface area contributed by atoms with Crippen molar-refractivity contribution in [1.29, 1.82) is 0 Å². The van der Waals surface area contributed by atoms with Gasteiger partial charge in [-0.3, -0.25) is 9.59 Å². The van der Waals surface area contributed by atoms with Gasteiger partial charge in [0.05, 0.1) is 5.92 Å². The van der Waals surface area contributed by atoms with Gasteiger partial charge in [0.25, 0.3) is 5.91 Å². The Kier molecular flexibility index (Phi) is 5.37. The molecule has 114 valence electrons. The fraction of sp³-hybridized carbons (Fsp3) is 0.529. The summed E-state index contributed by atoms with van der Waals surface area (Å²) in [5, 5.41) is 2.80. The van der Waals surface area contributed by atoms with Crippen molar-refractivity contribution in [2.75, 3.05) is 5.32 Å². The Morgan fingerprint density at radius 1 is 1.19 bits per heavy atom. The first kappa shape index (κ1) is 15.5. The zero-order chi connectivity index (χ0) is 15.2. The van der Waals surface area contributed by atoms with E-state index in [1.165, 1.54) is 6.42 Å². The zero-order valence-corrected chi connectivity index (χ0v) is 12.7. The van der Waals surface area contributed by atoms with Crippen molar-refractivity contribution in [3.8, 4) is 0 Å². The number of benzene rings is 1. The molecule has 21 heavy (non-hydrogen) atoms.